The fraction of sp³-hybridized carbons (Fsp3) is 0.310. The Balaban J connectivity index is 1.33. The van der Waals surface area contributed by atoms with Gasteiger partial charge in [-0.25, -0.2) is 9.37 Å². The van der Waals surface area contributed by atoms with Gasteiger partial charge in [0, 0.05) is 31.1 Å². The molecule has 1 atom stereocenters. The molecule has 0 radical (unpaired) electrons. The highest BCUT2D eigenvalue weighted by molar-refractivity contribution is 5.84. The molecule has 3 aromatic carbocycles. The van der Waals surface area contributed by atoms with Crippen LogP contribution in [0.3, 0.4) is 0 Å². The second-order valence-electron chi connectivity index (χ2n) is 9.79. The van der Waals surface area contributed by atoms with Gasteiger partial charge in [0.25, 0.3) is 0 Å². The summed E-state index contributed by atoms with van der Waals surface area (Å²) in [7, 11) is 0. The normalized spacial score (nSPS) is 18.1. The number of hydrogen-bond donors (Lipinski definition) is 0. The van der Waals surface area contributed by atoms with Crippen LogP contribution in [0.4, 0.5) is 4.39 Å². The van der Waals surface area contributed by atoms with Gasteiger partial charge in [0.2, 0.25) is 5.91 Å². The number of halogens is 1. The Kier molecular flexibility index (Phi) is 5.20. The number of rotatable bonds is 5. The van der Waals surface area contributed by atoms with Crippen molar-refractivity contribution in [3.63, 3.8) is 0 Å². The second-order valence-corrected chi connectivity index (χ2v) is 9.79. The number of para-hydroxylation sites is 1. The van der Waals surface area contributed by atoms with Crippen molar-refractivity contribution in [1.29, 1.82) is 0 Å². The van der Waals surface area contributed by atoms with Crippen molar-refractivity contribution in [2.24, 2.45) is 11.8 Å². The predicted molar refractivity (Wildman–Crippen MR) is 133 cm³/mol. The van der Waals surface area contributed by atoms with Crippen molar-refractivity contribution in [3.8, 4) is 22.5 Å². The Labute approximate surface area is 199 Å². The highest BCUT2D eigenvalue weighted by Gasteiger charge is 2.36. The third-order valence-corrected chi connectivity index (χ3v) is 7.25. The minimum absolute atomic E-state index is 0.228. The zero-order valence-electron chi connectivity index (χ0n) is 19.4. The number of aromatic nitrogens is 2. The van der Waals surface area contributed by atoms with E-state index in [2.05, 4.69) is 58.9 Å². The quantitative estimate of drug-likeness (QED) is 0.367. The number of carbonyl (C=O) groups excluding carboxylic acids is 1. The maximum atomic E-state index is 13.3. The molecule has 2 fully saturated rings. The first-order chi connectivity index (χ1) is 16.6. The summed E-state index contributed by atoms with van der Waals surface area (Å²) >= 11 is 0. The maximum absolute atomic E-state index is 13.3. The number of benzene rings is 3. The highest BCUT2D eigenvalue weighted by atomic mass is 19.1. The van der Waals surface area contributed by atoms with Gasteiger partial charge in [-0.1, -0.05) is 48.5 Å². The average molecular weight is 454 g/mol. The minimum Gasteiger partial charge on any atom is -0.342 e. The van der Waals surface area contributed by atoms with Crippen molar-refractivity contribution in [2.45, 2.75) is 32.7 Å². The smallest absolute Gasteiger partial charge is 0.225 e. The van der Waals surface area contributed by atoms with Crippen LogP contribution in [-0.2, 0) is 11.3 Å². The molecule has 172 valence electrons. The molecule has 0 bridgehead atoms. The third-order valence-electron chi connectivity index (χ3n) is 7.25. The van der Waals surface area contributed by atoms with Crippen LogP contribution in [0.2, 0.25) is 0 Å². The number of aryl methyl sites for hydroxylation is 1. The van der Waals surface area contributed by atoms with Crippen molar-refractivity contribution in [1.82, 2.24) is 14.5 Å². The van der Waals surface area contributed by atoms with Crippen LogP contribution in [0.5, 0.6) is 0 Å². The highest BCUT2D eigenvalue weighted by Crippen LogP contribution is 2.35. The predicted octanol–water partition coefficient (Wildman–Crippen LogP) is 6.08. The van der Waals surface area contributed by atoms with Crippen LogP contribution in [0.15, 0.2) is 66.7 Å². The second kappa shape index (κ2) is 8.39. The first-order valence-corrected chi connectivity index (χ1v) is 12.2. The summed E-state index contributed by atoms with van der Waals surface area (Å²) in [5.41, 5.74) is 6.48. The molecule has 5 heteroatoms. The molecular weight excluding hydrogens is 425 g/mol. The van der Waals surface area contributed by atoms with E-state index in [0.29, 0.717) is 11.8 Å². The molecule has 2 heterocycles. The molecule has 2 aliphatic rings. The summed E-state index contributed by atoms with van der Waals surface area (Å²) in [6.45, 7) is 4.70. The lowest BCUT2D eigenvalue weighted by Crippen LogP contribution is -2.30. The monoisotopic (exact) mass is 453 g/mol. The Hall–Kier alpha value is -3.47. The Morgan fingerprint density at radius 3 is 2.32 bits per heavy atom. The van der Waals surface area contributed by atoms with Crippen LogP contribution in [0.25, 0.3) is 33.5 Å². The van der Waals surface area contributed by atoms with E-state index in [0.717, 1.165) is 66.9 Å². The summed E-state index contributed by atoms with van der Waals surface area (Å²) in [5.74, 6) is 1.80. The lowest BCUT2D eigenvalue weighted by Gasteiger charge is -2.18. The Morgan fingerprint density at radius 1 is 0.941 bits per heavy atom. The van der Waals surface area contributed by atoms with Gasteiger partial charge in [-0.3, -0.25) is 4.79 Å². The SMILES string of the molecule is Cc1cccc2nc(-c3ccc(-c4ccc(F)cc4)cc3)n(CC3CCN(C(=O)C4CC4)C3)c12. The minimum atomic E-state index is -0.228. The molecule has 1 amide bonds. The standard InChI is InChI=1S/C29H28FN3O/c1-19-3-2-4-26-27(19)33(18-20-15-16-32(17-20)29(34)24-9-10-24)28(31-26)23-7-5-21(6-8-23)22-11-13-25(30)14-12-22/h2-8,11-14,20,24H,9-10,15-18H2,1H3. The molecule has 1 unspecified atom stereocenters. The largest absolute Gasteiger partial charge is 0.342 e. The van der Waals surface area contributed by atoms with E-state index in [1.54, 1.807) is 12.1 Å². The number of likely N-dealkylation sites (tertiary alicyclic amines) is 1. The van der Waals surface area contributed by atoms with E-state index in [9.17, 15) is 9.18 Å². The molecule has 34 heavy (non-hydrogen) atoms. The van der Waals surface area contributed by atoms with Gasteiger partial charge < -0.3 is 9.47 Å². The molecular formula is C29H28FN3O. The van der Waals surface area contributed by atoms with Gasteiger partial charge in [-0.2, -0.15) is 0 Å². The van der Waals surface area contributed by atoms with E-state index in [-0.39, 0.29) is 11.7 Å². The Morgan fingerprint density at radius 2 is 1.62 bits per heavy atom. The molecule has 1 saturated heterocycles. The molecule has 0 spiro atoms. The molecule has 4 aromatic rings. The van der Waals surface area contributed by atoms with Gasteiger partial charge in [-0.05, 0) is 67.0 Å². The van der Waals surface area contributed by atoms with Crippen LogP contribution >= 0.6 is 0 Å². The van der Waals surface area contributed by atoms with Crippen LogP contribution < -0.4 is 0 Å². The van der Waals surface area contributed by atoms with E-state index in [4.69, 9.17) is 4.98 Å². The number of carbonyl (C=O) groups is 1. The molecule has 0 N–H and O–H groups in total. The molecule has 1 aromatic heterocycles. The van der Waals surface area contributed by atoms with E-state index < -0.39 is 0 Å². The van der Waals surface area contributed by atoms with Crippen molar-refractivity contribution < 1.29 is 9.18 Å². The lowest BCUT2D eigenvalue weighted by molar-refractivity contribution is -0.131. The molecule has 1 aliphatic heterocycles. The van der Waals surface area contributed by atoms with Crippen LogP contribution in [0, 0.1) is 24.6 Å². The fourth-order valence-corrected chi connectivity index (χ4v) is 5.25. The molecule has 6 rings (SSSR count). The first kappa shape index (κ1) is 21.1. The summed E-state index contributed by atoms with van der Waals surface area (Å²) in [6, 6.07) is 21.2. The number of fused-ring (bicyclic) bond motifs is 1. The fourth-order valence-electron chi connectivity index (χ4n) is 5.25. The summed E-state index contributed by atoms with van der Waals surface area (Å²) in [4.78, 5) is 19.7. The van der Waals surface area contributed by atoms with Gasteiger partial charge in [0.15, 0.2) is 0 Å². The van der Waals surface area contributed by atoms with Crippen molar-refractivity contribution in [3.05, 3.63) is 78.1 Å². The summed E-state index contributed by atoms with van der Waals surface area (Å²) in [6.07, 6.45) is 3.15. The van der Waals surface area contributed by atoms with Crippen LogP contribution in [-0.4, -0.2) is 33.4 Å². The number of hydrogen-bond acceptors (Lipinski definition) is 2. The molecule has 4 nitrogen and oxygen atoms in total. The molecule has 1 saturated carbocycles. The summed E-state index contributed by atoms with van der Waals surface area (Å²) < 4.78 is 15.7. The Bertz CT molecular complexity index is 1350. The lowest BCUT2D eigenvalue weighted by atomic mass is 10.0. The zero-order valence-corrected chi connectivity index (χ0v) is 19.4. The zero-order chi connectivity index (χ0) is 23.2. The van der Waals surface area contributed by atoms with E-state index >= 15 is 0 Å². The van der Waals surface area contributed by atoms with Gasteiger partial charge in [0.1, 0.15) is 11.6 Å². The van der Waals surface area contributed by atoms with Gasteiger partial charge in [-0.15, -0.1) is 0 Å². The number of imidazole rings is 1. The van der Waals surface area contributed by atoms with E-state index in [1.807, 2.05) is 0 Å². The first-order valence-electron chi connectivity index (χ1n) is 12.2. The number of nitrogens with zero attached hydrogens (tertiary/aromatic N) is 3. The third kappa shape index (κ3) is 3.89. The average Bonchev–Trinajstić information content (AvgIpc) is 3.49. The van der Waals surface area contributed by atoms with Crippen molar-refractivity contribution in [2.75, 3.05) is 13.1 Å². The molecule has 1 aliphatic carbocycles. The summed E-state index contributed by atoms with van der Waals surface area (Å²) in [5, 5.41) is 0. The van der Waals surface area contributed by atoms with Gasteiger partial charge in [0.05, 0.1) is 11.0 Å². The topological polar surface area (TPSA) is 38.1 Å². The van der Waals surface area contributed by atoms with Crippen LogP contribution in [0.1, 0.15) is 24.8 Å². The number of amides is 1. The van der Waals surface area contributed by atoms with Crippen molar-refractivity contribution >= 4 is 16.9 Å². The maximum Gasteiger partial charge on any atom is 0.225 e. The van der Waals surface area contributed by atoms with E-state index in [1.165, 1.54) is 23.2 Å². The van der Waals surface area contributed by atoms with Gasteiger partial charge >= 0.3 is 0 Å².